The summed E-state index contributed by atoms with van der Waals surface area (Å²) < 4.78 is 33.8. The lowest BCUT2D eigenvalue weighted by Crippen LogP contribution is -2.11. The van der Waals surface area contributed by atoms with Gasteiger partial charge in [-0.3, -0.25) is 0 Å². The lowest BCUT2D eigenvalue weighted by Gasteiger charge is -2.09. The minimum atomic E-state index is -0.662. The van der Waals surface area contributed by atoms with Gasteiger partial charge in [0.05, 0.1) is 29.9 Å². The van der Waals surface area contributed by atoms with Crippen molar-refractivity contribution < 1.29 is 47.6 Å². The van der Waals surface area contributed by atoms with Gasteiger partial charge in [0, 0.05) is 11.6 Å². The highest BCUT2D eigenvalue weighted by molar-refractivity contribution is 5.95. The minimum Gasteiger partial charge on any atom is -0.494 e. The lowest BCUT2D eigenvalue weighted by atomic mass is 10.1. The summed E-state index contributed by atoms with van der Waals surface area (Å²) >= 11 is 0. The molecule has 0 saturated heterocycles. The first-order chi connectivity index (χ1) is 31.7. The highest BCUT2D eigenvalue weighted by Gasteiger charge is 2.15. The summed E-state index contributed by atoms with van der Waals surface area (Å²) in [5.41, 5.74) is 2.04. The number of hydrogen-bond donors (Lipinski definition) is 0. The molecule has 10 nitrogen and oxygen atoms in total. The van der Waals surface area contributed by atoms with Crippen LogP contribution in [-0.4, -0.2) is 37.1 Å². The zero-order valence-electron chi connectivity index (χ0n) is 38.0. The fourth-order valence-electron chi connectivity index (χ4n) is 6.76. The second-order valence-electron chi connectivity index (χ2n) is 15.9. The van der Waals surface area contributed by atoms with E-state index in [2.05, 4.69) is 13.8 Å². The molecule has 0 heterocycles. The first-order valence-corrected chi connectivity index (χ1v) is 23.0. The van der Waals surface area contributed by atoms with Crippen LogP contribution in [0.2, 0.25) is 0 Å². The molecule has 10 heteroatoms. The molecule has 0 radical (unpaired) electrons. The molecule has 0 fully saturated rings. The molecule has 0 unspecified atom stereocenters. The fourth-order valence-corrected chi connectivity index (χ4v) is 6.76. The van der Waals surface area contributed by atoms with Gasteiger partial charge in [0.25, 0.3) is 0 Å². The number of unbranched alkanes of at least 4 members (excludes halogenated alkanes) is 12. The fraction of sp³-hybridized carbons (Fsp3) is 0.345. The molecule has 0 aromatic heterocycles. The molecule has 0 atom stereocenters. The van der Waals surface area contributed by atoms with Crippen LogP contribution in [0.1, 0.15) is 147 Å². The Morgan fingerprint density at radius 3 is 1.20 bits per heavy atom. The Kier molecular flexibility index (Phi) is 20.9. The second kappa shape index (κ2) is 27.5. The van der Waals surface area contributed by atoms with Crippen LogP contribution in [0.3, 0.4) is 0 Å². The van der Waals surface area contributed by atoms with Crippen molar-refractivity contribution in [3.63, 3.8) is 0 Å². The Morgan fingerprint density at radius 1 is 0.400 bits per heavy atom. The zero-order valence-corrected chi connectivity index (χ0v) is 38.0. The van der Waals surface area contributed by atoms with Crippen LogP contribution >= 0.6 is 0 Å². The molecule has 0 bridgehead atoms. The number of carbonyl (C=O) groups is 4. The molecule has 5 rings (SSSR count). The summed E-state index contributed by atoms with van der Waals surface area (Å²) in [5, 5.41) is 0. The molecule has 5 aromatic carbocycles. The Hall–Kier alpha value is -6.68. The average Bonchev–Trinajstić information content (AvgIpc) is 3.32. The van der Waals surface area contributed by atoms with E-state index < -0.39 is 23.9 Å². The van der Waals surface area contributed by atoms with Crippen LogP contribution in [0.15, 0.2) is 127 Å². The van der Waals surface area contributed by atoms with Crippen LogP contribution < -0.4 is 28.4 Å². The normalized spacial score (nSPS) is 11.1. The molecule has 65 heavy (non-hydrogen) atoms. The molecular formula is C55H62O10. The van der Waals surface area contributed by atoms with Gasteiger partial charge in [0.1, 0.15) is 34.5 Å². The summed E-state index contributed by atoms with van der Waals surface area (Å²) in [5.74, 6) is -0.0795. The van der Waals surface area contributed by atoms with Crippen LogP contribution in [0.4, 0.5) is 0 Å². The van der Waals surface area contributed by atoms with Crippen molar-refractivity contribution in [1.82, 2.24) is 0 Å². The van der Waals surface area contributed by atoms with Gasteiger partial charge in [-0.05, 0) is 128 Å². The van der Waals surface area contributed by atoms with Gasteiger partial charge >= 0.3 is 23.9 Å². The summed E-state index contributed by atoms with van der Waals surface area (Å²) in [6.45, 7) is 7.40. The maximum Gasteiger partial charge on any atom is 0.343 e. The monoisotopic (exact) mass is 882 g/mol. The summed E-state index contributed by atoms with van der Waals surface area (Å²) in [4.78, 5) is 51.5. The van der Waals surface area contributed by atoms with E-state index in [1.165, 1.54) is 119 Å². The smallest absolute Gasteiger partial charge is 0.343 e. The Morgan fingerprint density at radius 2 is 0.754 bits per heavy atom. The number of benzene rings is 5. The third kappa shape index (κ3) is 17.8. The SMILES string of the molecule is CCCCCCCCCCCCOc1ccc(C(=O)Oc2ccc(C(=O)Oc3cccc(OC(=O)c4ccc(OC(=O)/C(C)=C/c5ccc(OCCCCCC)cc5)cc4)c3)cc2)cc1. The summed E-state index contributed by atoms with van der Waals surface area (Å²) in [6, 6.07) is 32.5. The van der Waals surface area contributed by atoms with Crippen LogP contribution in [-0.2, 0) is 4.79 Å². The highest BCUT2D eigenvalue weighted by atomic mass is 16.6. The molecule has 0 N–H and O–H groups in total. The summed E-state index contributed by atoms with van der Waals surface area (Å²) in [6.07, 6.45) is 18.9. The number of esters is 4. The maximum absolute atomic E-state index is 13.0. The van der Waals surface area contributed by atoms with Crippen molar-refractivity contribution in [1.29, 1.82) is 0 Å². The lowest BCUT2D eigenvalue weighted by molar-refractivity contribution is -0.130. The number of ether oxygens (including phenoxy) is 6. The van der Waals surface area contributed by atoms with Crippen molar-refractivity contribution in [2.45, 2.75) is 111 Å². The molecule has 0 aliphatic rings. The third-order valence-corrected chi connectivity index (χ3v) is 10.5. The van der Waals surface area contributed by atoms with E-state index in [4.69, 9.17) is 28.4 Å². The van der Waals surface area contributed by atoms with E-state index in [9.17, 15) is 19.2 Å². The van der Waals surface area contributed by atoms with Crippen molar-refractivity contribution in [2.24, 2.45) is 0 Å². The molecule has 0 aliphatic heterocycles. The quantitative estimate of drug-likeness (QED) is 0.0218. The molecule has 342 valence electrons. The average molecular weight is 883 g/mol. The van der Waals surface area contributed by atoms with E-state index in [0.29, 0.717) is 30.1 Å². The first kappa shape index (κ1) is 49.3. The van der Waals surface area contributed by atoms with Gasteiger partial charge in [-0.1, -0.05) is 109 Å². The molecular weight excluding hydrogens is 821 g/mol. The third-order valence-electron chi connectivity index (χ3n) is 10.5. The maximum atomic E-state index is 13.0. The van der Waals surface area contributed by atoms with Crippen LogP contribution in [0, 0.1) is 0 Å². The van der Waals surface area contributed by atoms with Crippen molar-refractivity contribution in [3.05, 3.63) is 149 Å². The molecule has 0 amide bonds. The second-order valence-corrected chi connectivity index (χ2v) is 15.9. The largest absolute Gasteiger partial charge is 0.494 e. The van der Waals surface area contributed by atoms with Crippen LogP contribution in [0.5, 0.6) is 34.5 Å². The highest BCUT2D eigenvalue weighted by Crippen LogP contribution is 2.24. The molecule has 0 spiro atoms. The molecule has 0 saturated carbocycles. The molecule has 0 aliphatic carbocycles. The predicted molar refractivity (Wildman–Crippen MR) is 253 cm³/mol. The number of carbonyl (C=O) groups excluding carboxylic acids is 4. The van der Waals surface area contributed by atoms with E-state index in [1.54, 1.807) is 55.5 Å². The topological polar surface area (TPSA) is 124 Å². The summed E-state index contributed by atoms with van der Waals surface area (Å²) in [7, 11) is 0. The van der Waals surface area contributed by atoms with Gasteiger partial charge in [0.15, 0.2) is 0 Å². The number of hydrogen-bond acceptors (Lipinski definition) is 10. The van der Waals surface area contributed by atoms with E-state index in [0.717, 1.165) is 37.0 Å². The van der Waals surface area contributed by atoms with Gasteiger partial charge < -0.3 is 28.4 Å². The predicted octanol–water partition coefficient (Wildman–Crippen LogP) is 13.6. The van der Waals surface area contributed by atoms with Crippen molar-refractivity contribution in [3.8, 4) is 34.5 Å². The first-order valence-electron chi connectivity index (χ1n) is 23.0. The Bertz CT molecular complexity index is 2260. The van der Waals surface area contributed by atoms with Gasteiger partial charge in [-0.15, -0.1) is 0 Å². The van der Waals surface area contributed by atoms with Crippen molar-refractivity contribution >= 4 is 30.0 Å². The Balaban J connectivity index is 1.01. The Labute approximate surface area is 383 Å². The van der Waals surface area contributed by atoms with Gasteiger partial charge in [0.2, 0.25) is 0 Å². The van der Waals surface area contributed by atoms with E-state index in [-0.39, 0.29) is 34.1 Å². The van der Waals surface area contributed by atoms with Crippen LogP contribution in [0.25, 0.3) is 6.08 Å². The van der Waals surface area contributed by atoms with E-state index >= 15 is 0 Å². The standard InChI is InChI=1S/C55H62O10/c1-4-6-8-10-11-12-13-14-15-17-38-61-47-31-23-43(24-32-47)53(57)63-49-35-27-45(28-36-49)55(59)65-51-20-18-19-50(40-51)64-54(58)44-25-33-48(34-26-44)62-52(56)41(3)39-42-21-29-46(30-22-42)60-37-16-9-7-5-2/h18-36,39-40H,4-17,37-38H2,1-3H3/b41-39+. The van der Waals surface area contributed by atoms with E-state index in [1.807, 2.05) is 24.3 Å². The van der Waals surface area contributed by atoms with Gasteiger partial charge in [-0.2, -0.15) is 0 Å². The van der Waals surface area contributed by atoms with Crippen molar-refractivity contribution in [2.75, 3.05) is 13.2 Å². The minimum absolute atomic E-state index is 0.152. The molecule has 5 aromatic rings. The van der Waals surface area contributed by atoms with Gasteiger partial charge in [-0.25, -0.2) is 19.2 Å². The number of rotatable bonds is 27. The zero-order chi connectivity index (χ0) is 46.1.